The maximum atomic E-state index is 13.6. The molecule has 0 saturated carbocycles. The van der Waals surface area contributed by atoms with Crippen molar-refractivity contribution in [3.05, 3.63) is 94.5 Å². The molecule has 1 atom stereocenters. The highest BCUT2D eigenvalue weighted by atomic mass is 16.6. The highest BCUT2D eigenvalue weighted by Gasteiger charge is 2.29. The van der Waals surface area contributed by atoms with Crippen LogP contribution in [0, 0.1) is 12.3 Å². The summed E-state index contributed by atoms with van der Waals surface area (Å²) in [6.07, 6.45) is 2.07. The predicted octanol–water partition coefficient (Wildman–Crippen LogP) is 5.58. The van der Waals surface area contributed by atoms with Crippen LogP contribution in [0.1, 0.15) is 72.6 Å². The SMILES string of the molecule is Cc1cc(NC(=O)Cc2cc(C(=N)NO)ccc2OCc2ccccc2)ccc1C(=O)N1CCCCC1CNC(=O)OC(C)(C)C. The van der Waals surface area contributed by atoms with Gasteiger partial charge in [-0.15, -0.1) is 0 Å². The third-order valence-corrected chi connectivity index (χ3v) is 7.56. The van der Waals surface area contributed by atoms with Crippen molar-refractivity contribution in [3.8, 4) is 5.75 Å². The molecule has 11 nitrogen and oxygen atoms in total. The van der Waals surface area contributed by atoms with E-state index >= 15 is 0 Å². The first kappa shape index (κ1) is 34.0. The van der Waals surface area contributed by atoms with Crippen LogP contribution in [0.15, 0.2) is 66.7 Å². The van der Waals surface area contributed by atoms with Crippen molar-refractivity contribution < 1.29 is 29.1 Å². The number of carbonyl (C=O) groups excluding carboxylic acids is 3. The van der Waals surface area contributed by atoms with Crippen LogP contribution < -0.4 is 20.9 Å². The Morgan fingerprint density at radius 1 is 1.02 bits per heavy atom. The van der Waals surface area contributed by atoms with Gasteiger partial charge >= 0.3 is 6.09 Å². The summed E-state index contributed by atoms with van der Waals surface area (Å²) < 4.78 is 11.4. The van der Waals surface area contributed by atoms with Crippen molar-refractivity contribution >= 4 is 29.4 Å². The zero-order valence-electron chi connectivity index (χ0n) is 26.8. The van der Waals surface area contributed by atoms with Crippen LogP contribution in [0.2, 0.25) is 0 Å². The molecule has 0 aromatic heterocycles. The van der Waals surface area contributed by atoms with Crippen LogP contribution in [0.25, 0.3) is 0 Å². The Bertz CT molecular complexity index is 1550. The summed E-state index contributed by atoms with van der Waals surface area (Å²) in [6.45, 7) is 8.43. The van der Waals surface area contributed by atoms with Gasteiger partial charge in [0.15, 0.2) is 0 Å². The van der Waals surface area contributed by atoms with E-state index in [4.69, 9.17) is 14.9 Å². The number of piperidine rings is 1. The monoisotopic (exact) mass is 629 g/mol. The molecule has 1 unspecified atom stereocenters. The molecule has 3 aromatic carbocycles. The zero-order chi connectivity index (χ0) is 33.3. The summed E-state index contributed by atoms with van der Waals surface area (Å²) in [6, 6.07) is 19.6. The number of alkyl carbamates (subject to hydrolysis) is 1. The number of benzene rings is 3. The molecular formula is C35H43N5O6. The molecule has 0 bridgehead atoms. The second-order valence-corrected chi connectivity index (χ2v) is 12.4. The smallest absolute Gasteiger partial charge is 0.407 e. The molecule has 0 radical (unpaired) electrons. The van der Waals surface area contributed by atoms with Gasteiger partial charge < -0.3 is 25.0 Å². The Balaban J connectivity index is 1.43. The number of hydrogen-bond donors (Lipinski definition) is 5. The second kappa shape index (κ2) is 15.4. The van der Waals surface area contributed by atoms with Crippen LogP contribution >= 0.6 is 0 Å². The van der Waals surface area contributed by atoms with Crippen molar-refractivity contribution in [1.82, 2.24) is 15.7 Å². The topological polar surface area (TPSA) is 153 Å². The summed E-state index contributed by atoms with van der Waals surface area (Å²) in [7, 11) is 0. The second-order valence-electron chi connectivity index (χ2n) is 12.4. The molecule has 0 spiro atoms. The first-order valence-corrected chi connectivity index (χ1v) is 15.4. The van der Waals surface area contributed by atoms with E-state index in [0.29, 0.717) is 53.4 Å². The van der Waals surface area contributed by atoms with Gasteiger partial charge in [-0.2, -0.15) is 0 Å². The fourth-order valence-corrected chi connectivity index (χ4v) is 5.32. The lowest BCUT2D eigenvalue weighted by atomic mass is 9.99. The van der Waals surface area contributed by atoms with Crippen LogP contribution in [-0.4, -0.2) is 58.6 Å². The summed E-state index contributed by atoms with van der Waals surface area (Å²) in [4.78, 5) is 40.8. The maximum Gasteiger partial charge on any atom is 0.407 e. The zero-order valence-corrected chi connectivity index (χ0v) is 26.8. The summed E-state index contributed by atoms with van der Waals surface area (Å²) in [5.74, 6) is -0.150. The minimum absolute atomic E-state index is 0.0451. The Kier molecular flexibility index (Phi) is 11.4. The number of hydrogen-bond acceptors (Lipinski definition) is 7. The van der Waals surface area contributed by atoms with Gasteiger partial charge in [-0.3, -0.25) is 25.7 Å². The number of nitrogens with zero attached hydrogens (tertiary/aromatic N) is 1. The van der Waals surface area contributed by atoms with Gasteiger partial charge in [0.25, 0.3) is 5.91 Å². The average molecular weight is 630 g/mol. The van der Waals surface area contributed by atoms with Crippen LogP contribution in [0.4, 0.5) is 10.5 Å². The van der Waals surface area contributed by atoms with Gasteiger partial charge in [0.2, 0.25) is 5.91 Å². The lowest BCUT2D eigenvalue weighted by molar-refractivity contribution is -0.115. The number of anilines is 1. The Hall–Kier alpha value is -4.90. The first-order valence-electron chi connectivity index (χ1n) is 15.4. The van der Waals surface area contributed by atoms with E-state index < -0.39 is 11.7 Å². The van der Waals surface area contributed by atoms with Gasteiger partial charge in [0, 0.05) is 41.5 Å². The minimum atomic E-state index is -0.607. The lowest BCUT2D eigenvalue weighted by Crippen LogP contribution is -2.50. The number of ether oxygens (including phenoxy) is 2. The highest BCUT2D eigenvalue weighted by Crippen LogP contribution is 2.25. The van der Waals surface area contributed by atoms with Gasteiger partial charge in [-0.25, -0.2) is 4.79 Å². The fourth-order valence-electron chi connectivity index (χ4n) is 5.32. The Labute approximate surface area is 269 Å². The van der Waals surface area contributed by atoms with E-state index in [1.165, 1.54) is 0 Å². The van der Waals surface area contributed by atoms with Crippen molar-refractivity contribution in [3.63, 3.8) is 0 Å². The van der Waals surface area contributed by atoms with Crippen molar-refractivity contribution in [1.29, 1.82) is 5.41 Å². The maximum absolute atomic E-state index is 13.6. The average Bonchev–Trinajstić information content (AvgIpc) is 3.02. The molecule has 1 fully saturated rings. The van der Waals surface area contributed by atoms with Gasteiger partial charge in [0.05, 0.1) is 6.42 Å². The van der Waals surface area contributed by atoms with E-state index in [1.807, 2.05) is 47.6 Å². The summed E-state index contributed by atoms with van der Waals surface area (Å²) in [5, 5.41) is 22.8. The third-order valence-electron chi connectivity index (χ3n) is 7.56. The van der Waals surface area contributed by atoms with E-state index in [9.17, 15) is 19.6 Å². The van der Waals surface area contributed by atoms with Gasteiger partial charge in [-0.1, -0.05) is 30.3 Å². The Morgan fingerprint density at radius 2 is 1.78 bits per heavy atom. The number of carbonyl (C=O) groups is 3. The molecule has 1 aliphatic heterocycles. The molecule has 1 aliphatic rings. The third kappa shape index (κ3) is 9.55. The van der Waals surface area contributed by atoms with Gasteiger partial charge in [0.1, 0.15) is 23.8 Å². The van der Waals surface area contributed by atoms with Gasteiger partial charge in [-0.05, 0) is 94.5 Å². The number of hydroxylamine groups is 1. The number of rotatable bonds is 10. The fraction of sp³-hybridized carbons (Fsp3) is 0.371. The number of amides is 3. The molecule has 5 N–H and O–H groups in total. The number of nitrogens with one attached hydrogen (secondary N) is 4. The van der Waals surface area contributed by atoms with Crippen LogP contribution in [0.5, 0.6) is 5.75 Å². The number of aryl methyl sites for hydroxylation is 1. The van der Waals surface area contributed by atoms with E-state index in [2.05, 4.69) is 10.6 Å². The normalized spacial score (nSPS) is 14.6. The highest BCUT2D eigenvalue weighted by molar-refractivity contribution is 5.99. The molecule has 11 heteroatoms. The standard InChI is InChI=1S/C35H43N5O6/c1-23-18-27(14-15-29(23)33(42)40-17-9-8-12-28(40)21-37-34(43)46-35(2,3)4)38-31(41)20-26-19-25(32(36)39-44)13-16-30(26)45-22-24-10-6-5-7-11-24/h5-7,10-11,13-16,18-19,28,44H,8-9,12,17,20-22H2,1-4H3,(H2,36,39)(H,37,43)(H,38,41). The first-order chi connectivity index (χ1) is 21.9. The molecule has 1 saturated heterocycles. The van der Waals surface area contributed by atoms with Crippen LogP contribution in [-0.2, 0) is 22.6 Å². The molecule has 3 aromatic rings. The molecule has 1 heterocycles. The largest absolute Gasteiger partial charge is 0.489 e. The van der Waals surface area contributed by atoms with E-state index in [-0.39, 0.29) is 30.1 Å². The van der Waals surface area contributed by atoms with E-state index in [0.717, 1.165) is 24.8 Å². The number of likely N-dealkylation sites (tertiary alicyclic amines) is 1. The Morgan fingerprint density at radius 3 is 2.48 bits per heavy atom. The molecule has 0 aliphatic carbocycles. The molecule has 244 valence electrons. The van der Waals surface area contributed by atoms with E-state index in [1.54, 1.807) is 57.2 Å². The van der Waals surface area contributed by atoms with Crippen molar-refractivity contribution in [2.45, 2.75) is 71.6 Å². The van der Waals surface area contributed by atoms with Crippen molar-refractivity contribution in [2.75, 3.05) is 18.4 Å². The van der Waals surface area contributed by atoms with Crippen LogP contribution in [0.3, 0.4) is 0 Å². The molecule has 3 amide bonds. The number of amidine groups is 1. The summed E-state index contributed by atoms with van der Waals surface area (Å²) in [5.41, 5.74) is 4.91. The lowest BCUT2D eigenvalue weighted by Gasteiger charge is -2.36. The quantitative estimate of drug-likeness (QED) is 0.112. The minimum Gasteiger partial charge on any atom is -0.489 e. The predicted molar refractivity (Wildman–Crippen MR) is 175 cm³/mol. The summed E-state index contributed by atoms with van der Waals surface area (Å²) >= 11 is 0. The molecular weight excluding hydrogens is 586 g/mol. The molecule has 4 rings (SSSR count). The van der Waals surface area contributed by atoms with Crippen molar-refractivity contribution in [2.24, 2.45) is 0 Å². The molecule has 46 heavy (non-hydrogen) atoms.